The zero-order chi connectivity index (χ0) is 21.8. The summed E-state index contributed by atoms with van der Waals surface area (Å²) in [5.41, 5.74) is 3.50. The Bertz CT molecular complexity index is 897. The predicted octanol–water partition coefficient (Wildman–Crippen LogP) is 3.62. The lowest BCUT2D eigenvalue weighted by molar-refractivity contribution is 0.0315. The van der Waals surface area contributed by atoms with Gasteiger partial charge in [0.1, 0.15) is 11.3 Å². The van der Waals surface area contributed by atoms with Crippen LogP contribution in [-0.2, 0) is 27.2 Å². The second-order valence-electron chi connectivity index (χ2n) is 8.24. The second kappa shape index (κ2) is 10.0. The van der Waals surface area contributed by atoms with Crippen LogP contribution >= 0.6 is 0 Å². The number of ether oxygens (including phenoxy) is 3. The molecule has 2 saturated heterocycles. The first-order chi connectivity index (χ1) is 15.2. The average molecular weight is 431 g/mol. The maximum absolute atomic E-state index is 12.9. The summed E-state index contributed by atoms with van der Waals surface area (Å²) in [5.74, 6) is 0.570. The number of morpholine rings is 1. The van der Waals surface area contributed by atoms with Gasteiger partial charge in [0.15, 0.2) is 0 Å². The van der Waals surface area contributed by atoms with Crippen molar-refractivity contribution in [1.29, 1.82) is 0 Å². The smallest absolute Gasteiger partial charge is 0.338 e. The highest BCUT2D eigenvalue weighted by Gasteiger charge is 2.28. The van der Waals surface area contributed by atoms with Gasteiger partial charge in [0.25, 0.3) is 0 Å². The maximum atomic E-state index is 12.9. The van der Waals surface area contributed by atoms with Crippen molar-refractivity contribution in [2.45, 2.75) is 45.7 Å². The van der Waals surface area contributed by atoms with Crippen molar-refractivity contribution in [1.82, 2.24) is 4.90 Å². The number of nitrogens with zero attached hydrogens (tertiary/aromatic N) is 2. The van der Waals surface area contributed by atoms with Crippen LogP contribution < -0.4 is 4.90 Å². The Balaban J connectivity index is 1.78. The summed E-state index contributed by atoms with van der Waals surface area (Å²) in [6.45, 7) is 10.7. The molecule has 2 fully saturated rings. The lowest BCUT2D eigenvalue weighted by atomic mass is 9.96. The monoisotopic (exact) mass is 430 g/mol. The van der Waals surface area contributed by atoms with Crippen LogP contribution in [0, 0.1) is 0 Å². The Morgan fingerprint density at radius 1 is 1.13 bits per heavy atom. The van der Waals surface area contributed by atoms with Crippen molar-refractivity contribution in [3.63, 3.8) is 0 Å². The predicted molar refractivity (Wildman–Crippen MR) is 120 cm³/mol. The largest absolute Gasteiger partial charge is 0.465 e. The van der Waals surface area contributed by atoms with Crippen LogP contribution in [0.4, 0.5) is 5.69 Å². The van der Waals surface area contributed by atoms with E-state index >= 15 is 0 Å². The minimum absolute atomic E-state index is 0.301. The molecule has 0 aliphatic carbocycles. The van der Waals surface area contributed by atoms with Gasteiger partial charge in [-0.3, -0.25) is 4.90 Å². The molecule has 1 aromatic carbocycles. The molecule has 170 valence electrons. The molecule has 4 rings (SSSR count). The van der Waals surface area contributed by atoms with E-state index in [1.54, 1.807) is 0 Å². The topological polar surface area (TPSA) is 64.4 Å². The summed E-state index contributed by atoms with van der Waals surface area (Å²) >= 11 is 0. The molecule has 0 N–H and O–H groups in total. The molecular weight excluding hydrogens is 396 g/mol. The molecule has 0 bridgehead atoms. The normalized spacial score (nSPS) is 18.4. The summed E-state index contributed by atoms with van der Waals surface area (Å²) in [4.78, 5) is 17.7. The molecule has 7 nitrogen and oxygen atoms in total. The first-order valence-corrected chi connectivity index (χ1v) is 11.5. The lowest BCUT2D eigenvalue weighted by Gasteiger charge is -2.36. The van der Waals surface area contributed by atoms with Gasteiger partial charge in [-0.05, 0) is 37.8 Å². The molecule has 0 amide bonds. The standard InChI is InChI=1S/C24H34N2O5/c1-4-19-21(26(5-2)17-6-10-29-11-7-17)15-22-20(23(19)24(27)28-3)14-18(31-22)16-25-8-12-30-13-9-25/h14-15,17H,4-13,16H2,1-3H3. The summed E-state index contributed by atoms with van der Waals surface area (Å²) in [6.07, 6.45) is 2.73. The van der Waals surface area contributed by atoms with Crippen molar-refractivity contribution in [2.75, 3.05) is 58.1 Å². The molecule has 2 aromatic rings. The molecule has 0 saturated carbocycles. The van der Waals surface area contributed by atoms with E-state index in [4.69, 9.17) is 18.6 Å². The number of esters is 1. The number of anilines is 1. The Labute approximate surface area is 184 Å². The third-order valence-corrected chi connectivity index (χ3v) is 6.47. The van der Waals surface area contributed by atoms with Crippen molar-refractivity contribution < 1.29 is 23.4 Å². The van der Waals surface area contributed by atoms with Crippen LogP contribution in [0.5, 0.6) is 0 Å². The van der Waals surface area contributed by atoms with E-state index in [2.05, 4.69) is 29.7 Å². The van der Waals surface area contributed by atoms with E-state index in [0.717, 1.165) is 93.3 Å². The quantitative estimate of drug-likeness (QED) is 0.622. The van der Waals surface area contributed by atoms with E-state index in [-0.39, 0.29) is 5.97 Å². The van der Waals surface area contributed by atoms with E-state index in [0.29, 0.717) is 18.2 Å². The van der Waals surface area contributed by atoms with Crippen molar-refractivity contribution in [2.24, 2.45) is 0 Å². The first kappa shape index (κ1) is 22.1. The number of rotatable bonds is 7. The minimum atomic E-state index is -0.301. The molecule has 0 spiro atoms. The summed E-state index contributed by atoms with van der Waals surface area (Å²) in [6, 6.07) is 4.54. The third-order valence-electron chi connectivity index (χ3n) is 6.47. The summed E-state index contributed by atoms with van der Waals surface area (Å²) < 4.78 is 22.5. The maximum Gasteiger partial charge on any atom is 0.338 e. The van der Waals surface area contributed by atoms with Crippen molar-refractivity contribution in [3.8, 4) is 0 Å². The zero-order valence-electron chi connectivity index (χ0n) is 18.9. The number of benzene rings is 1. The number of fused-ring (bicyclic) bond motifs is 1. The Hall–Kier alpha value is -2.09. The van der Waals surface area contributed by atoms with E-state index in [1.807, 2.05) is 6.07 Å². The number of carbonyl (C=O) groups is 1. The second-order valence-corrected chi connectivity index (χ2v) is 8.24. The van der Waals surface area contributed by atoms with Gasteiger partial charge >= 0.3 is 5.97 Å². The molecule has 0 unspecified atom stereocenters. The van der Waals surface area contributed by atoms with Gasteiger partial charge in [0.2, 0.25) is 0 Å². The van der Waals surface area contributed by atoms with Crippen LogP contribution in [0.2, 0.25) is 0 Å². The summed E-state index contributed by atoms with van der Waals surface area (Å²) in [7, 11) is 1.45. The Kier molecular flexibility index (Phi) is 7.15. The molecule has 0 radical (unpaired) electrons. The average Bonchev–Trinajstić information content (AvgIpc) is 3.21. The zero-order valence-corrected chi connectivity index (χ0v) is 18.9. The molecule has 3 heterocycles. The lowest BCUT2D eigenvalue weighted by Crippen LogP contribution is -2.40. The third kappa shape index (κ3) is 4.59. The van der Waals surface area contributed by atoms with Gasteiger partial charge in [-0.2, -0.15) is 0 Å². The van der Waals surface area contributed by atoms with Crippen LogP contribution in [0.25, 0.3) is 11.0 Å². The number of hydrogen-bond acceptors (Lipinski definition) is 7. The molecule has 2 aliphatic rings. The van der Waals surface area contributed by atoms with Gasteiger partial charge in [0, 0.05) is 56.0 Å². The number of methoxy groups -OCH3 is 1. The van der Waals surface area contributed by atoms with Gasteiger partial charge in [-0.25, -0.2) is 4.79 Å². The highest BCUT2D eigenvalue weighted by atomic mass is 16.5. The van der Waals surface area contributed by atoms with Crippen LogP contribution in [0.1, 0.15) is 48.4 Å². The van der Waals surface area contributed by atoms with Gasteiger partial charge in [0.05, 0.1) is 32.4 Å². The van der Waals surface area contributed by atoms with Crippen LogP contribution in [-0.4, -0.2) is 70.1 Å². The van der Waals surface area contributed by atoms with E-state index < -0.39 is 0 Å². The van der Waals surface area contributed by atoms with Gasteiger partial charge in [-0.15, -0.1) is 0 Å². The van der Waals surface area contributed by atoms with E-state index in [1.165, 1.54) is 7.11 Å². The Morgan fingerprint density at radius 2 is 1.84 bits per heavy atom. The number of furan rings is 1. The molecule has 7 heteroatoms. The molecule has 31 heavy (non-hydrogen) atoms. The Morgan fingerprint density at radius 3 is 2.48 bits per heavy atom. The minimum Gasteiger partial charge on any atom is -0.465 e. The van der Waals surface area contributed by atoms with Crippen LogP contribution in [0.3, 0.4) is 0 Å². The van der Waals surface area contributed by atoms with E-state index in [9.17, 15) is 4.79 Å². The fourth-order valence-electron chi connectivity index (χ4n) is 4.89. The molecule has 2 aliphatic heterocycles. The van der Waals surface area contributed by atoms with Gasteiger partial charge in [-0.1, -0.05) is 6.92 Å². The molecular formula is C24H34N2O5. The SMILES string of the molecule is CCc1c(N(CC)C2CCOCC2)cc2oc(CN3CCOCC3)cc2c1C(=O)OC. The van der Waals surface area contributed by atoms with Gasteiger partial charge < -0.3 is 23.5 Å². The summed E-state index contributed by atoms with van der Waals surface area (Å²) in [5, 5.41) is 0.846. The molecule has 1 aromatic heterocycles. The fourth-order valence-corrected chi connectivity index (χ4v) is 4.89. The number of carbonyl (C=O) groups excluding carboxylic acids is 1. The van der Waals surface area contributed by atoms with Crippen molar-refractivity contribution in [3.05, 3.63) is 29.0 Å². The highest BCUT2D eigenvalue weighted by Crippen LogP contribution is 2.37. The van der Waals surface area contributed by atoms with Crippen molar-refractivity contribution >= 4 is 22.6 Å². The number of hydrogen-bond donors (Lipinski definition) is 0. The van der Waals surface area contributed by atoms with Crippen LogP contribution in [0.15, 0.2) is 16.5 Å². The molecule has 0 atom stereocenters. The highest BCUT2D eigenvalue weighted by molar-refractivity contribution is 6.07. The fraction of sp³-hybridized carbons (Fsp3) is 0.625. The first-order valence-electron chi connectivity index (χ1n) is 11.5.